The quantitative estimate of drug-likeness (QED) is 0.455. The van der Waals surface area contributed by atoms with E-state index in [4.69, 9.17) is 25.8 Å². The van der Waals surface area contributed by atoms with Gasteiger partial charge in [0.25, 0.3) is 0 Å². The van der Waals surface area contributed by atoms with Crippen LogP contribution in [0.25, 0.3) is 0 Å². The highest BCUT2D eigenvalue weighted by molar-refractivity contribution is 7.99. The molecule has 0 saturated carbocycles. The Bertz CT molecular complexity index is 934. The fourth-order valence-electron chi connectivity index (χ4n) is 2.73. The zero-order valence-corrected chi connectivity index (χ0v) is 16.2. The maximum Gasteiger partial charge on any atom is 0.192 e. The van der Waals surface area contributed by atoms with E-state index in [0.29, 0.717) is 18.2 Å². The van der Waals surface area contributed by atoms with Crippen LogP contribution in [-0.4, -0.2) is 33.7 Å². The molecule has 3 aromatic rings. The topological polar surface area (TPSA) is 58.4 Å². The van der Waals surface area contributed by atoms with Crippen LogP contribution >= 0.6 is 23.4 Å². The van der Waals surface area contributed by atoms with Crippen molar-refractivity contribution in [3.63, 3.8) is 0 Å². The average molecular weight is 404 g/mol. The van der Waals surface area contributed by atoms with Crippen LogP contribution in [0, 0.1) is 0 Å². The Morgan fingerprint density at radius 1 is 1.19 bits per heavy atom. The van der Waals surface area contributed by atoms with Gasteiger partial charge in [-0.2, -0.15) is 0 Å². The average Bonchev–Trinajstić information content (AvgIpc) is 3.05. The predicted octanol–water partition coefficient (Wildman–Crippen LogP) is 4.15. The lowest BCUT2D eigenvalue weighted by Gasteiger charge is -2.25. The van der Waals surface area contributed by atoms with Gasteiger partial charge in [-0.05, 0) is 30.3 Å². The molecule has 27 heavy (non-hydrogen) atoms. The first kappa shape index (κ1) is 18.0. The number of para-hydroxylation sites is 2. The van der Waals surface area contributed by atoms with E-state index < -0.39 is 0 Å². The third-order valence-electron chi connectivity index (χ3n) is 4.04. The molecule has 0 bridgehead atoms. The van der Waals surface area contributed by atoms with E-state index in [1.54, 1.807) is 17.8 Å². The number of hydrogen-bond donors (Lipinski definition) is 0. The zero-order chi connectivity index (χ0) is 18.6. The van der Waals surface area contributed by atoms with Crippen LogP contribution in [-0.2, 0) is 7.05 Å². The van der Waals surface area contributed by atoms with Crippen molar-refractivity contribution >= 4 is 23.4 Å². The van der Waals surface area contributed by atoms with E-state index in [0.717, 1.165) is 34.0 Å². The molecule has 0 amide bonds. The highest BCUT2D eigenvalue weighted by atomic mass is 35.5. The number of fused-ring (bicyclic) bond motifs is 1. The normalized spacial score (nSPS) is 15.6. The van der Waals surface area contributed by atoms with Crippen molar-refractivity contribution in [3.8, 4) is 17.2 Å². The number of aromatic nitrogens is 3. The van der Waals surface area contributed by atoms with Gasteiger partial charge in [0.05, 0.1) is 6.61 Å². The monoisotopic (exact) mass is 403 g/mol. The van der Waals surface area contributed by atoms with Gasteiger partial charge in [-0.3, -0.25) is 0 Å². The second-order valence-electron chi connectivity index (χ2n) is 5.92. The first-order chi connectivity index (χ1) is 13.2. The Morgan fingerprint density at radius 3 is 2.89 bits per heavy atom. The molecule has 2 aromatic carbocycles. The molecule has 1 aliphatic heterocycles. The van der Waals surface area contributed by atoms with Crippen LogP contribution in [0.3, 0.4) is 0 Å². The molecule has 0 spiro atoms. The standard InChI is InChI=1S/C19H18ClN3O3S/c1-23-18(17-12-25-15-7-2-3-8-16(15)26-17)21-22-19(23)27-10-9-24-14-6-4-5-13(20)11-14/h2-8,11,17H,9-10,12H2,1H3. The number of nitrogens with zero attached hydrogens (tertiary/aromatic N) is 3. The largest absolute Gasteiger partial charge is 0.493 e. The van der Waals surface area contributed by atoms with Crippen LogP contribution < -0.4 is 14.2 Å². The molecule has 6 nitrogen and oxygen atoms in total. The van der Waals surface area contributed by atoms with Crippen LogP contribution in [0.4, 0.5) is 0 Å². The predicted molar refractivity (Wildman–Crippen MR) is 104 cm³/mol. The summed E-state index contributed by atoms with van der Waals surface area (Å²) in [4.78, 5) is 0. The first-order valence-electron chi connectivity index (χ1n) is 8.49. The molecule has 0 radical (unpaired) electrons. The lowest BCUT2D eigenvalue weighted by molar-refractivity contribution is 0.0825. The van der Waals surface area contributed by atoms with Gasteiger partial charge in [0, 0.05) is 17.8 Å². The Morgan fingerprint density at radius 2 is 2.04 bits per heavy atom. The molecule has 4 rings (SSSR count). The highest BCUT2D eigenvalue weighted by Gasteiger charge is 2.27. The molecule has 2 heterocycles. The molecule has 0 aliphatic carbocycles. The SMILES string of the molecule is Cn1c(SCCOc2cccc(Cl)c2)nnc1C1COc2ccccc2O1. The first-order valence-corrected chi connectivity index (χ1v) is 9.86. The molecule has 1 aromatic heterocycles. The van der Waals surface area contributed by atoms with Gasteiger partial charge >= 0.3 is 0 Å². The van der Waals surface area contributed by atoms with E-state index in [2.05, 4.69) is 10.2 Å². The van der Waals surface area contributed by atoms with Crippen LogP contribution in [0.2, 0.25) is 5.02 Å². The van der Waals surface area contributed by atoms with E-state index in [1.807, 2.05) is 54.1 Å². The fraction of sp³-hybridized carbons (Fsp3) is 0.263. The van der Waals surface area contributed by atoms with E-state index in [1.165, 1.54) is 0 Å². The van der Waals surface area contributed by atoms with Crippen molar-refractivity contribution in [3.05, 3.63) is 59.4 Å². The Balaban J connectivity index is 1.34. The molecule has 140 valence electrons. The molecule has 0 N–H and O–H groups in total. The summed E-state index contributed by atoms with van der Waals surface area (Å²) in [6.45, 7) is 0.954. The van der Waals surface area contributed by atoms with Crippen molar-refractivity contribution in [2.75, 3.05) is 19.0 Å². The molecule has 0 saturated heterocycles. The van der Waals surface area contributed by atoms with Gasteiger partial charge in [-0.1, -0.05) is 41.6 Å². The van der Waals surface area contributed by atoms with Gasteiger partial charge in [-0.15, -0.1) is 10.2 Å². The van der Waals surface area contributed by atoms with Gasteiger partial charge < -0.3 is 18.8 Å². The van der Waals surface area contributed by atoms with Gasteiger partial charge in [0.1, 0.15) is 12.4 Å². The smallest absolute Gasteiger partial charge is 0.192 e. The number of hydrogen-bond acceptors (Lipinski definition) is 6. The maximum absolute atomic E-state index is 6.01. The number of rotatable bonds is 6. The molecular weight excluding hydrogens is 386 g/mol. The van der Waals surface area contributed by atoms with E-state index in [-0.39, 0.29) is 6.10 Å². The summed E-state index contributed by atoms with van der Waals surface area (Å²) in [5.74, 6) is 3.71. The minimum atomic E-state index is -0.283. The second-order valence-corrected chi connectivity index (χ2v) is 7.42. The number of benzene rings is 2. The second kappa shape index (κ2) is 8.10. The number of halogens is 1. The molecule has 0 fully saturated rings. The summed E-state index contributed by atoms with van der Waals surface area (Å²) < 4.78 is 19.4. The van der Waals surface area contributed by atoms with Crippen LogP contribution in [0.15, 0.2) is 53.7 Å². The van der Waals surface area contributed by atoms with E-state index >= 15 is 0 Å². The Hall–Kier alpha value is -2.38. The molecular formula is C19H18ClN3O3S. The van der Waals surface area contributed by atoms with Crippen molar-refractivity contribution in [1.82, 2.24) is 14.8 Å². The van der Waals surface area contributed by atoms with Crippen LogP contribution in [0.1, 0.15) is 11.9 Å². The summed E-state index contributed by atoms with van der Waals surface area (Å²) in [5.41, 5.74) is 0. The minimum absolute atomic E-state index is 0.283. The van der Waals surface area contributed by atoms with Gasteiger partial charge in [0.2, 0.25) is 0 Å². The summed E-state index contributed by atoms with van der Waals surface area (Å²) in [6, 6.07) is 15.0. The fourth-order valence-corrected chi connectivity index (χ4v) is 3.64. The Kier molecular flexibility index (Phi) is 5.40. The lowest BCUT2D eigenvalue weighted by Crippen LogP contribution is -2.24. The summed E-state index contributed by atoms with van der Waals surface area (Å²) in [6.07, 6.45) is -0.283. The summed E-state index contributed by atoms with van der Waals surface area (Å²) >= 11 is 7.53. The molecule has 8 heteroatoms. The van der Waals surface area contributed by atoms with Gasteiger partial charge in [-0.25, -0.2) is 0 Å². The van der Waals surface area contributed by atoms with Crippen molar-refractivity contribution in [1.29, 1.82) is 0 Å². The molecule has 1 aliphatic rings. The van der Waals surface area contributed by atoms with Crippen LogP contribution in [0.5, 0.6) is 17.2 Å². The van der Waals surface area contributed by atoms with Crippen molar-refractivity contribution in [2.24, 2.45) is 7.05 Å². The minimum Gasteiger partial charge on any atom is -0.493 e. The summed E-state index contributed by atoms with van der Waals surface area (Å²) in [7, 11) is 1.93. The molecule has 1 unspecified atom stereocenters. The Labute approximate surface area is 166 Å². The third kappa shape index (κ3) is 4.14. The third-order valence-corrected chi connectivity index (χ3v) is 5.26. The highest BCUT2D eigenvalue weighted by Crippen LogP contribution is 2.35. The van der Waals surface area contributed by atoms with E-state index in [9.17, 15) is 0 Å². The zero-order valence-electron chi connectivity index (χ0n) is 14.7. The lowest BCUT2D eigenvalue weighted by atomic mass is 10.2. The van der Waals surface area contributed by atoms with Crippen molar-refractivity contribution < 1.29 is 14.2 Å². The molecule has 1 atom stereocenters. The maximum atomic E-state index is 6.01. The summed E-state index contributed by atoms with van der Waals surface area (Å²) in [5, 5.41) is 10.0. The van der Waals surface area contributed by atoms with Gasteiger partial charge in [0.15, 0.2) is 28.6 Å². The number of thioether (sulfide) groups is 1. The number of ether oxygens (including phenoxy) is 3. The van der Waals surface area contributed by atoms with Crippen molar-refractivity contribution in [2.45, 2.75) is 11.3 Å².